The van der Waals surface area contributed by atoms with Crippen LogP contribution in [0, 0.1) is 11.8 Å². The number of benzene rings is 1. The molecule has 5 atom stereocenters. The van der Waals surface area contributed by atoms with Crippen molar-refractivity contribution in [2.24, 2.45) is 34.0 Å². The molecule has 0 spiro atoms. The highest BCUT2D eigenvalue weighted by atomic mass is 16.4. The molecule has 15 heteroatoms. The van der Waals surface area contributed by atoms with Gasteiger partial charge >= 0.3 is 11.9 Å². The van der Waals surface area contributed by atoms with Crippen molar-refractivity contribution in [1.82, 2.24) is 16.0 Å². The molecule has 256 valence electrons. The molecular formula is C31H49N7O8. The number of carboxylic acid groups (broad SMARTS) is 2. The van der Waals surface area contributed by atoms with E-state index in [1.54, 1.807) is 44.2 Å². The smallest absolute Gasteiger partial charge is 0.326 e. The van der Waals surface area contributed by atoms with Crippen LogP contribution in [0.2, 0.25) is 0 Å². The maximum Gasteiger partial charge on any atom is 0.326 e. The maximum atomic E-state index is 13.4. The van der Waals surface area contributed by atoms with E-state index in [-0.39, 0.29) is 31.8 Å². The fourth-order valence-electron chi connectivity index (χ4n) is 4.62. The van der Waals surface area contributed by atoms with Crippen LogP contribution in [0.5, 0.6) is 0 Å². The molecule has 11 N–H and O–H groups in total. The van der Waals surface area contributed by atoms with E-state index in [1.165, 1.54) is 0 Å². The summed E-state index contributed by atoms with van der Waals surface area (Å²) in [7, 11) is 0. The second-order valence-corrected chi connectivity index (χ2v) is 11.5. The Morgan fingerprint density at radius 2 is 1.41 bits per heavy atom. The molecule has 0 aromatic heterocycles. The summed E-state index contributed by atoms with van der Waals surface area (Å²) in [6.45, 7) is 5.49. The first kappa shape index (κ1) is 39.5. The van der Waals surface area contributed by atoms with Crippen LogP contribution in [-0.2, 0) is 35.2 Å². The van der Waals surface area contributed by atoms with Crippen molar-refractivity contribution in [3.8, 4) is 0 Å². The second kappa shape index (κ2) is 20.5. The Labute approximate surface area is 269 Å². The standard InChI is InChI=1S/C31H49N7O8/c1-4-5-13-22(36-28(43)21(32)12-9-14-35-31(33)34)29(44)37-23(17-26(40)41)25(39)16-20(18(2)3)27(42)38-24(30(45)46)15-19-10-7-6-8-11-19/h6-8,10-11,18,20-24H,4-5,9,12-17,32H2,1-3H3,(H,36,43)(H,37,44)(H,38,42)(H,40,41)(H,45,46)(H4,33,34,35)/t20-,21-,22-,23-,24-/m0/s1. The van der Waals surface area contributed by atoms with Crippen LogP contribution in [-0.4, -0.2) is 82.3 Å². The van der Waals surface area contributed by atoms with E-state index < -0.39 is 84.3 Å². The van der Waals surface area contributed by atoms with Crippen LogP contribution in [0.4, 0.5) is 0 Å². The summed E-state index contributed by atoms with van der Waals surface area (Å²) >= 11 is 0. The first-order chi connectivity index (χ1) is 21.7. The largest absolute Gasteiger partial charge is 0.481 e. The van der Waals surface area contributed by atoms with Crippen LogP contribution in [0.15, 0.2) is 35.3 Å². The van der Waals surface area contributed by atoms with Gasteiger partial charge in [-0.15, -0.1) is 0 Å². The summed E-state index contributed by atoms with van der Waals surface area (Å²) in [4.78, 5) is 80.0. The Balaban J connectivity index is 3.03. The average molecular weight is 648 g/mol. The third kappa shape index (κ3) is 15.0. The summed E-state index contributed by atoms with van der Waals surface area (Å²) < 4.78 is 0. The van der Waals surface area contributed by atoms with Crippen molar-refractivity contribution < 1.29 is 39.0 Å². The van der Waals surface area contributed by atoms with Crippen molar-refractivity contribution in [2.45, 2.75) is 96.3 Å². The molecule has 0 aliphatic carbocycles. The van der Waals surface area contributed by atoms with Gasteiger partial charge in [-0.05, 0) is 30.7 Å². The zero-order chi connectivity index (χ0) is 34.8. The molecule has 3 amide bonds. The highest BCUT2D eigenvalue weighted by Crippen LogP contribution is 2.19. The minimum Gasteiger partial charge on any atom is -0.481 e. The number of aliphatic imine (C=N–C) groups is 1. The van der Waals surface area contributed by atoms with Gasteiger partial charge in [0, 0.05) is 25.3 Å². The van der Waals surface area contributed by atoms with Crippen molar-refractivity contribution in [3.63, 3.8) is 0 Å². The highest BCUT2D eigenvalue weighted by Gasteiger charge is 2.34. The van der Waals surface area contributed by atoms with Crippen LogP contribution in [0.3, 0.4) is 0 Å². The molecule has 46 heavy (non-hydrogen) atoms. The van der Waals surface area contributed by atoms with Gasteiger partial charge in [0.05, 0.1) is 18.5 Å². The van der Waals surface area contributed by atoms with Crippen molar-refractivity contribution in [1.29, 1.82) is 0 Å². The lowest BCUT2D eigenvalue weighted by molar-refractivity contribution is -0.144. The summed E-state index contributed by atoms with van der Waals surface area (Å²) in [6.07, 6.45) is 0.886. The van der Waals surface area contributed by atoms with Crippen molar-refractivity contribution in [3.05, 3.63) is 35.9 Å². The zero-order valence-electron chi connectivity index (χ0n) is 26.7. The lowest BCUT2D eigenvalue weighted by Gasteiger charge is -2.26. The van der Waals surface area contributed by atoms with Gasteiger partial charge < -0.3 is 43.4 Å². The van der Waals surface area contributed by atoms with Crippen molar-refractivity contribution >= 4 is 41.4 Å². The summed E-state index contributed by atoms with van der Waals surface area (Å²) in [6, 6.07) is 3.88. The molecule has 0 saturated carbocycles. The number of guanidine groups is 1. The number of unbranched alkanes of at least 4 members (excludes halogenated alkanes) is 1. The number of rotatable bonds is 22. The van der Waals surface area contributed by atoms with Gasteiger partial charge in [-0.25, -0.2) is 4.79 Å². The Hall–Kier alpha value is -4.53. The first-order valence-electron chi connectivity index (χ1n) is 15.4. The number of hydrogen-bond acceptors (Lipinski definition) is 8. The predicted octanol–water partition coefficient (Wildman–Crippen LogP) is 0.0453. The third-order valence-corrected chi connectivity index (χ3v) is 7.33. The summed E-state index contributed by atoms with van der Waals surface area (Å²) in [5, 5.41) is 26.7. The molecule has 0 radical (unpaired) electrons. The van der Waals surface area contributed by atoms with E-state index >= 15 is 0 Å². The Morgan fingerprint density at radius 1 is 0.804 bits per heavy atom. The molecule has 0 heterocycles. The third-order valence-electron chi connectivity index (χ3n) is 7.33. The minimum absolute atomic E-state index is 0.0170. The fraction of sp³-hybridized carbons (Fsp3) is 0.581. The Bertz CT molecular complexity index is 1200. The average Bonchev–Trinajstić information content (AvgIpc) is 2.98. The summed E-state index contributed by atoms with van der Waals surface area (Å²) in [5.74, 6) is -6.94. The molecule has 0 fully saturated rings. The molecule has 1 rings (SSSR count). The molecule has 1 aromatic rings. The van der Waals surface area contributed by atoms with Crippen molar-refractivity contribution in [2.75, 3.05) is 6.54 Å². The van der Waals surface area contributed by atoms with Gasteiger partial charge in [0.2, 0.25) is 17.7 Å². The molecule has 0 unspecified atom stereocenters. The van der Waals surface area contributed by atoms with E-state index in [0.29, 0.717) is 24.8 Å². The number of hydrogen-bond donors (Lipinski definition) is 8. The minimum atomic E-state index is -1.51. The molecule has 0 aliphatic heterocycles. The van der Waals surface area contributed by atoms with Crippen LogP contribution < -0.4 is 33.2 Å². The molecule has 0 saturated heterocycles. The van der Waals surface area contributed by atoms with E-state index in [2.05, 4.69) is 20.9 Å². The van der Waals surface area contributed by atoms with Gasteiger partial charge in [0.25, 0.3) is 0 Å². The SMILES string of the molecule is CCCC[C@H](NC(=O)[C@@H](N)CCCN=C(N)N)C(=O)N[C@@H](CC(=O)O)C(=O)C[C@H](C(=O)N[C@@H](Cc1ccccc1)C(=O)O)C(C)C. The number of nitrogens with one attached hydrogen (secondary N) is 3. The number of Topliss-reactive ketones (excluding diaryl/α,β-unsaturated/α-hetero) is 1. The number of nitrogens with zero attached hydrogens (tertiary/aromatic N) is 1. The van der Waals surface area contributed by atoms with Gasteiger partial charge in [0.1, 0.15) is 12.1 Å². The monoisotopic (exact) mass is 647 g/mol. The van der Waals surface area contributed by atoms with E-state index in [9.17, 15) is 39.0 Å². The molecule has 0 aliphatic rings. The van der Waals surface area contributed by atoms with Gasteiger partial charge in [0.15, 0.2) is 11.7 Å². The predicted molar refractivity (Wildman–Crippen MR) is 171 cm³/mol. The van der Waals surface area contributed by atoms with Crippen LogP contribution in [0.25, 0.3) is 0 Å². The lowest BCUT2D eigenvalue weighted by Crippen LogP contribution is -2.55. The maximum absolute atomic E-state index is 13.4. The van der Waals surface area contributed by atoms with E-state index in [1.807, 2.05) is 6.92 Å². The van der Waals surface area contributed by atoms with Gasteiger partial charge in [-0.1, -0.05) is 63.9 Å². The quantitative estimate of drug-likeness (QED) is 0.0473. The molecule has 1 aromatic carbocycles. The van der Waals surface area contributed by atoms with E-state index in [4.69, 9.17) is 17.2 Å². The number of ketones is 1. The number of carboxylic acids is 2. The Morgan fingerprint density at radius 3 is 1.96 bits per heavy atom. The molecule has 15 nitrogen and oxygen atoms in total. The lowest BCUT2D eigenvalue weighted by atomic mass is 9.87. The molecule has 0 bridgehead atoms. The number of amides is 3. The summed E-state index contributed by atoms with van der Waals surface area (Å²) in [5.41, 5.74) is 17.2. The Kier molecular flexibility index (Phi) is 17.6. The highest BCUT2D eigenvalue weighted by molar-refractivity contribution is 5.97. The molecular weight excluding hydrogens is 598 g/mol. The second-order valence-electron chi connectivity index (χ2n) is 11.5. The van der Waals surface area contributed by atoms with Crippen LogP contribution >= 0.6 is 0 Å². The first-order valence-corrected chi connectivity index (χ1v) is 15.4. The number of carbonyl (C=O) groups is 6. The fourth-order valence-corrected chi connectivity index (χ4v) is 4.62. The van der Waals surface area contributed by atoms with E-state index in [0.717, 1.165) is 0 Å². The zero-order valence-corrected chi connectivity index (χ0v) is 26.7. The number of carbonyl (C=O) groups excluding carboxylic acids is 4. The topological polar surface area (TPSA) is 269 Å². The number of aliphatic carboxylic acids is 2. The van der Waals surface area contributed by atoms with Gasteiger partial charge in [-0.3, -0.25) is 29.0 Å². The number of nitrogens with two attached hydrogens (primary N) is 3. The van der Waals surface area contributed by atoms with Gasteiger partial charge in [-0.2, -0.15) is 0 Å². The van der Waals surface area contributed by atoms with Crippen LogP contribution in [0.1, 0.15) is 71.3 Å². The normalized spacial score (nSPS) is 14.2.